The van der Waals surface area contributed by atoms with Gasteiger partial charge in [0.1, 0.15) is 18.6 Å². The lowest BCUT2D eigenvalue weighted by molar-refractivity contribution is -0.135. The minimum atomic E-state index is -1.43. The Morgan fingerprint density at radius 2 is 0.927 bits per heavy atom. The first-order valence-corrected chi connectivity index (χ1v) is 19.4. The van der Waals surface area contributed by atoms with Crippen LogP contribution in [0.1, 0.15) is 49.9 Å². The Labute approximate surface area is 328 Å². The minimum absolute atomic E-state index is 0.223. The van der Waals surface area contributed by atoms with Gasteiger partial charge in [-0.05, 0) is 97.7 Å². The number of benzene rings is 4. The molecule has 55 heavy (non-hydrogen) atoms. The number of nitrogens with zero attached hydrogens (tertiary/aromatic N) is 2. The molecule has 8 nitrogen and oxygen atoms in total. The molecule has 4 rings (SSSR count). The summed E-state index contributed by atoms with van der Waals surface area (Å²) in [5.74, 6) is 1.84. The van der Waals surface area contributed by atoms with Crippen LogP contribution >= 0.6 is 0 Å². The average molecular weight is 747 g/mol. The fourth-order valence-electron chi connectivity index (χ4n) is 6.55. The molecular weight excluding hydrogens is 689 g/mol. The molecule has 0 amide bonds. The summed E-state index contributed by atoms with van der Waals surface area (Å²) in [4.78, 5) is 33.9. The van der Waals surface area contributed by atoms with Gasteiger partial charge in [-0.1, -0.05) is 113 Å². The van der Waals surface area contributed by atoms with E-state index in [0.29, 0.717) is 36.2 Å². The molecule has 0 aliphatic heterocycles. The molecule has 0 saturated carbocycles. The molecule has 0 heterocycles. The number of carbonyl (C=O) groups excluding carboxylic acids is 2. The quantitative estimate of drug-likeness (QED) is 0.0522. The summed E-state index contributed by atoms with van der Waals surface area (Å²) < 4.78 is 23.4. The maximum atomic E-state index is 14.7. The maximum Gasteiger partial charge on any atom is 0.170 e. The van der Waals surface area contributed by atoms with Crippen LogP contribution in [-0.4, -0.2) is 88.1 Å². The third-order valence-electron chi connectivity index (χ3n) is 9.99. The second-order valence-electron chi connectivity index (χ2n) is 13.4. The van der Waals surface area contributed by atoms with Crippen LogP contribution in [-0.2, 0) is 22.4 Å². The van der Waals surface area contributed by atoms with E-state index in [1.54, 1.807) is 26.4 Å². The van der Waals surface area contributed by atoms with Crippen LogP contribution in [0.25, 0.3) is 12.2 Å². The zero-order chi connectivity index (χ0) is 39.5. The van der Waals surface area contributed by atoms with Gasteiger partial charge < -0.3 is 28.7 Å². The first-order chi connectivity index (χ1) is 26.8. The van der Waals surface area contributed by atoms with Crippen molar-refractivity contribution in [2.75, 3.05) is 66.7 Å². The number of ketones is 2. The van der Waals surface area contributed by atoms with Gasteiger partial charge in [-0.2, -0.15) is 0 Å². The number of likely N-dealkylation sites (N-methyl/N-ethyl adjacent to an activating group) is 2. The van der Waals surface area contributed by atoms with Crippen LogP contribution in [0.2, 0.25) is 0 Å². The predicted molar refractivity (Wildman–Crippen MR) is 223 cm³/mol. The van der Waals surface area contributed by atoms with Gasteiger partial charge in [0.15, 0.2) is 34.6 Å². The Hall–Kier alpha value is -5.18. The average Bonchev–Trinajstić information content (AvgIpc) is 3.23. The van der Waals surface area contributed by atoms with E-state index in [4.69, 9.17) is 18.9 Å². The van der Waals surface area contributed by atoms with Crippen molar-refractivity contribution in [2.45, 2.75) is 40.5 Å². The minimum Gasteiger partial charge on any atom is -0.493 e. The van der Waals surface area contributed by atoms with Crippen molar-refractivity contribution in [3.05, 3.63) is 131 Å². The van der Waals surface area contributed by atoms with Gasteiger partial charge >= 0.3 is 0 Å². The number of ether oxygens (including phenoxy) is 4. The third-order valence-corrected chi connectivity index (χ3v) is 9.99. The molecule has 0 fully saturated rings. The predicted octanol–water partition coefficient (Wildman–Crippen LogP) is 8.48. The fraction of sp³-hybridized carbons (Fsp3) is 0.362. The Kier molecular flexibility index (Phi) is 17.2. The normalized spacial score (nSPS) is 11.8. The molecule has 0 N–H and O–H groups in total. The highest BCUT2D eigenvalue weighted by atomic mass is 16.5. The van der Waals surface area contributed by atoms with E-state index in [0.717, 1.165) is 61.5 Å². The van der Waals surface area contributed by atoms with Gasteiger partial charge in [-0.15, -0.1) is 0 Å². The highest BCUT2D eigenvalue weighted by Crippen LogP contribution is 2.34. The van der Waals surface area contributed by atoms with Gasteiger partial charge in [0.05, 0.1) is 14.2 Å². The van der Waals surface area contributed by atoms with E-state index in [-0.39, 0.29) is 24.4 Å². The van der Waals surface area contributed by atoms with Gasteiger partial charge in [0.25, 0.3) is 0 Å². The molecule has 292 valence electrons. The van der Waals surface area contributed by atoms with Crippen LogP contribution in [0.5, 0.6) is 23.0 Å². The summed E-state index contributed by atoms with van der Waals surface area (Å²) in [6, 6.07) is 30.6. The van der Waals surface area contributed by atoms with Crippen molar-refractivity contribution < 1.29 is 28.5 Å². The zero-order valence-electron chi connectivity index (χ0n) is 33.5. The van der Waals surface area contributed by atoms with Crippen molar-refractivity contribution in [3.8, 4) is 23.0 Å². The smallest absolute Gasteiger partial charge is 0.170 e. The number of rotatable bonds is 24. The van der Waals surface area contributed by atoms with Crippen LogP contribution < -0.4 is 18.9 Å². The van der Waals surface area contributed by atoms with E-state index < -0.39 is 5.41 Å². The summed E-state index contributed by atoms with van der Waals surface area (Å²) in [7, 11) is 3.20. The monoisotopic (exact) mass is 746 g/mol. The molecule has 0 aliphatic rings. The standard InChI is InChI=1S/C47H58N2O6/c1-7-48(8-2)29-31-54-41-25-21-37(33-43(41)52-5)23-27-45(50)47(35-39-17-13-11-14-18-39,36-40-19-15-12-16-20-40)46(51)28-24-38-22-26-42(44(34-38)53-6)55-32-30-49(9-3)10-4/h11-28,33-34H,7-10,29-32,35-36H2,1-6H3/b27-23+,28-24+. The fourth-order valence-corrected chi connectivity index (χ4v) is 6.55. The number of allylic oxidation sites excluding steroid dienone is 2. The summed E-state index contributed by atoms with van der Waals surface area (Å²) in [6.07, 6.45) is 6.99. The van der Waals surface area contributed by atoms with Crippen LogP contribution in [0.4, 0.5) is 0 Å². The van der Waals surface area contributed by atoms with E-state index >= 15 is 0 Å². The Bertz CT molecular complexity index is 1700. The first kappa shape index (κ1) is 42.6. The van der Waals surface area contributed by atoms with Crippen LogP contribution in [0.3, 0.4) is 0 Å². The Morgan fingerprint density at radius 3 is 1.27 bits per heavy atom. The highest BCUT2D eigenvalue weighted by Gasteiger charge is 2.43. The largest absolute Gasteiger partial charge is 0.493 e. The number of hydrogen-bond acceptors (Lipinski definition) is 8. The SMILES string of the molecule is CCN(CC)CCOc1ccc(/C=C/C(=O)C(Cc2ccccc2)(Cc2ccccc2)C(=O)/C=C/c2ccc(OCCN(CC)CC)c(OC)c2)cc1OC. The van der Waals surface area contributed by atoms with Crippen molar-refractivity contribution in [2.24, 2.45) is 5.41 Å². The topological polar surface area (TPSA) is 77.5 Å². The van der Waals surface area contributed by atoms with Gasteiger partial charge in [-0.25, -0.2) is 0 Å². The Balaban J connectivity index is 1.66. The summed E-state index contributed by atoms with van der Waals surface area (Å²) >= 11 is 0. The second kappa shape index (κ2) is 22.3. The molecule has 0 spiro atoms. The lowest BCUT2D eigenvalue weighted by Gasteiger charge is -2.29. The van der Waals surface area contributed by atoms with Gasteiger partial charge in [-0.3, -0.25) is 9.59 Å². The number of methoxy groups -OCH3 is 2. The summed E-state index contributed by atoms with van der Waals surface area (Å²) in [5, 5.41) is 0. The molecule has 4 aromatic rings. The van der Waals surface area contributed by atoms with Crippen molar-refractivity contribution in [1.29, 1.82) is 0 Å². The molecular formula is C47H58N2O6. The lowest BCUT2D eigenvalue weighted by atomic mass is 9.69. The van der Waals surface area contributed by atoms with E-state index in [1.807, 2.05) is 97.1 Å². The third kappa shape index (κ3) is 12.4. The molecule has 0 atom stereocenters. The Morgan fingerprint density at radius 1 is 0.545 bits per heavy atom. The molecule has 0 unspecified atom stereocenters. The van der Waals surface area contributed by atoms with Crippen LogP contribution in [0.15, 0.2) is 109 Å². The van der Waals surface area contributed by atoms with Gasteiger partial charge in [0.2, 0.25) is 0 Å². The molecule has 0 aliphatic carbocycles. The lowest BCUT2D eigenvalue weighted by Crippen LogP contribution is -2.42. The molecule has 4 aromatic carbocycles. The summed E-state index contributed by atoms with van der Waals surface area (Å²) in [6.45, 7) is 15.0. The van der Waals surface area contributed by atoms with E-state index in [2.05, 4.69) is 37.5 Å². The number of carbonyl (C=O) groups is 2. The second-order valence-corrected chi connectivity index (χ2v) is 13.4. The molecule has 8 heteroatoms. The summed E-state index contributed by atoms with van der Waals surface area (Å²) in [5.41, 5.74) is 1.86. The van der Waals surface area contributed by atoms with E-state index in [1.165, 1.54) is 12.2 Å². The van der Waals surface area contributed by atoms with E-state index in [9.17, 15) is 9.59 Å². The molecule has 0 aromatic heterocycles. The van der Waals surface area contributed by atoms with Crippen molar-refractivity contribution >= 4 is 23.7 Å². The molecule has 0 bridgehead atoms. The maximum absolute atomic E-state index is 14.7. The first-order valence-electron chi connectivity index (χ1n) is 19.4. The number of hydrogen-bond donors (Lipinski definition) is 0. The van der Waals surface area contributed by atoms with Crippen molar-refractivity contribution in [1.82, 2.24) is 9.80 Å². The zero-order valence-corrected chi connectivity index (χ0v) is 33.5. The van der Waals surface area contributed by atoms with Gasteiger partial charge in [0, 0.05) is 13.1 Å². The highest BCUT2D eigenvalue weighted by molar-refractivity contribution is 6.17. The molecule has 0 saturated heterocycles. The van der Waals surface area contributed by atoms with Crippen molar-refractivity contribution in [3.63, 3.8) is 0 Å². The molecule has 0 radical (unpaired) electrons. The van der Waals surface area contributed by atoms with Crippen LogP contribution in [0, 0.1) is 5.41 Å².